The minimum absolute atomic E-state index is 0.167. The van der Waals surface area contributed by atoms with Crippen LogP contribution in [-0.4, -0.2) is 22.3 Å². The van der Waals surface area contributed by atoms with Crippen molar-refractivity contribution >= 4 is 25.5 Å². The average molecular weight is 408 g/mol. The number of hydrogen-bond donors (Lipinski definition) is 2. The molecule has 0 aliphatic carbocycles. The van der Waals surface area contributed by atoms with Crippen molar-refractivity contribution in [1.29, 1.82) is 0 Å². The van der Waals surface area contributed by atoms with Crippen LogP contribution in [-0.2, 0) is 19.9 Å². The molecule has 2 aromatic carbocycles. The van der Waals surface area contributed by atoms with Crippen LogP contribution in [0.3, 0.4) is 0 Å². The molecule has 6 nitrogen and oxygen atoms in total. The molecule has 3 N–H and O–H groups in total. The zero-order valence-corrected chi connectivity index (χ0v) is 15.0. The summed E-state index contributed by atoms with van der Waals surface area (Å²) in [6.45, 7) is 1.54. The lowest BCUT2D eigenvalue weighted by atomic mass is 10.1. The number of anilines is 1. The van der Waals surface area contributed by atoms with Crippen LogP contribution in [0.5, 0.6) is 0 Å². The van der Waals surface area contributed by atoms with E-state index >= 15 is 0 Å². The predicted octanol–water partition coefficient (Wildman–Crippen LogP) is 2.80. The highest BCUT2D eigenvalue weighted by Crippen LogP contribution is 2.35. The molecule has 0 saturated carbocycles. The highest BCUT2D eigenvalue weighted by atomic mass is 32.2. The zero-order chi connectivity index (χ0) is 19.8. The minimum Gasteiger partial charge on any atom is -0.377 e. The first-order valence-corrected chi connectivity index (χ1v) is 10.2. The number of halogens is 3. The number of hydrogen-bond acceptors (Lipinski definition) is 5. The summed E-state index contributed by atoms with van der Waals surface area (Å²) >= 11 is 0. The van der Waals surface area contributed by atoms with Crippen molar-refractivity contribution in [1.82, 2.24) is 0 Å². The number of primary sulfonamides is 1. The quantitative estimate of drug-likeness (QED) is 0.791. The van der Waals surface area contributed by atoms with E-state index in [1.807, 2.05) is 0 Å². The molecule has 2 aromatic rings. The topological polar surface area (TPSA) is 106 Å². The lowest BCUT2D eigenvalue weighted by Crippen LogP contribution is -2.24. The van der Waals surface area contributed by atoms with Crippen molar-refractivity contribution in [3.8, 4) is 0 Å². The number of para-hydroxylation sites is 1. The molecular weight excluding hydrogens is 393 g/mol. The van der Waals surface area contributed by atoms with Crippen molar-refractivity contribution in [3.05, 3.63) is 54.1 Å². The molecular formula is C15H15F3N2O4S2. The number of nitrogens with two attached hydrogens (primary N) is 1. The standard InChI is InChI=1S/C15H15F3N2O4S2/c1-10(11-5-4-6-12(9-11)26(19,23)24)20-13-7-2-3-8-14(13)25(21,22)15(16,17)18/h2-10,20H,1H3,(H2,19,23,24). The van der Waals surface area contributed by atoms with Gasteiger partial charge in [-0.15, -0.1) is 0 Å². The van der Waals surface area contributed by atoms with Gasteiger partial charge in [-0.3, -0.25) is 0 Å². The SMILES string of the molecule is CC(Nc1ccccc1S(=O)(=O)C(F)(F)F)c1cccc(S(N)(=O)=O)c1. The van der Waals surface area contributed by atoms with E-state index in [1.54, 1.807) is 6.92 Å². The molecule has 142 valence electrons. The van der Waals surface area contributed by atoms with E-state index < -0.39 is 36.3 Å². The smallest absolute Gasteiger partial charge is 0.377 e. The number of nitrogens with one attached hydrogen (secondary N) is 1. The summed E-state index contributed by atoms with van der Waals surface area (Å²) in [5.41, 5.74) is -5.30. The molecule has 0 fully saturated rings. The van der Waals surface area contributed by atoms with E-state index in [-0.39, 0.29) is 10.6 Å². The van der Waals surface area contributed by atoms with Crippen LogP contribution < -0.4 is 10.5 Å². The Morgan fingerprint density at radius 2 is 1.62 bits per heavy atom. The molecule has 0 saturated heterocycles. The fraction of sp³-hybridized carbons (Fsp3) is 0.200. The van der Waals surface area contributed by atoms with E-state index in [0.29, 0.717) is 5.56 Å². The van der Waals surface area contributed by atoms with Crippen molar-refractivity contribution in [3.63, 3.8) is 0 Å². The largest absolute Gasteiger partial charge is 0.501 e. The highest BCUT2D eigenvalue weighted by Gasteiger charge is 2.48. The Kier molecular flexibility index (Phi) is 5.36. The molecule has 11 heteroatoms. The van der Waals surface area contributed by atoms with Gasteiger partial charge < -0.3 is 5.32 Å². The number of rotatable bonds is 5. The second-order valence-corrected chi connectivity index (χ2v) is 8.90. The van der Waals surface area contributed by atoms with Gasteiger partial charge in [-0.1, -0.05) is 24.3 Å². The third-order valence-corrected chi connectivity index (χ3v) is 6.00. The van der Waals surface area contributed by atoms with Crippen LogP contribution in [0.1, 0.15) is 18.5 Å². The summed E-state index contributed by atoms with van der Waals surface area (Å²) in [5.74, 6) is 0. The maximum atomic E-state index is 12.8. The normalized spacial score (nSPS) is 14.0. The van der Waals surface area contributed by atoms with E-state index in [2.05, 4.69) is 5.32 Å². The fourth-order valence-corrected chi connectivity index (χ4v) is 3.71. The number of sulfonamides is 1. The van der Waals surface area contributed by atoms with Crippen LogP contribution in [0, 0.1) is 0 Å². The van der Waals surface area contributed by atoms with E-state index in [0.717, 1.165) is 6.07 Å². The van der Waals surface area contributed by atoms with Crippen molar-refractivity contribution in [2.24, 2.45) is 5.14 Å². The molecule has 0 heterocycles. The number of benzene rings is 2. The van der Waals surface area contributed by atoms with Gasteiger partial charge in [-0.2, -0.15) is 13.2 Å². The summed E-state index contributed by atoms with van der Waals surface area (Å²) in [5, 5.41) is 7.72. The zero-order valence-electron chi connectivity index (χ0n) is 13.4. The van der Waals surface area contributed by atoms with Crippen LogP contribution in [0.15, 0.2) is 58.3 Å². The third kappa shape index (κ3) is 4.17. The molecule has 0 radical (unpaired) electrons. The molecule has 2 rings (SSSR count). The van der Waals surface area contributed by atoms with Gasteiger partial charge in [0.25, 0.3) is 9.84 Å². The van der Waals surface area contributed by atoms with Crippen LogP contribution >= 0.6 is 0 Å². The van der Waals surface area contributed by atoms with E-state index in [9.17, 15) is 30.0 Å². The summed E-state index contributed by atoms with van der Waals surface area (Å²) in [6.07, 6.45) is 0. The van der Waals surface area contributed by atoms with Crippen LogP contribution in [0.25, 0.3) is 0 Å². The van der Waals surface area contributed by atoms with Crippen molar-refractivity contribution in [2.75, 3.05) is 5.32 Å². The summed E-state index contributed by atoms with van der Waals surface area (Å²) < 4.78 is 84.8. The summed E-state index contributed by atoms with van der Waals surface area (Å²) in [7, 11) is -9.50. The minimum atomic E-state index is -5.54. The second kappa shape index (κ2) is 6.89. The fourth-order valence-electron chi connectivity index (χ4n) is 2.22. The lowest BCUT2D eigenvalue weighted by Gasteiger charge is -2.19. The number of alkyl halides is 3. The average Bonchev–Trinajstić information content (AvgIpc) is 2.53. The molecule has 0 amide bonds. The maximum absolute atomic E-state index is 12.8. The molecule has 1 unspecified atom stereocenters. The summed E-state index contributed by atoms with van der Waals surface area (Å²) in [6, 6.07) is 9.39. The molecule has 0 aliphatic rings. The molecule has 1 atom stereocenters. The van der Waals surface area contributed by atoms with Crippen LogP contribution in [0.4, 0.5) is 18.9 Å². The van der Waals surface area contributed by atoms with Gasteiger partial charge >= 0.3 is 5.51 Å². The first kappa shape index (κ1) is 20.2. The van der Waals surface area contributed by atoms with Crippen LogP contribution in [0.2, 0.25) is 0 Å². The van der Waals surface area contributed by atoms with Gasteiger partial charge in [0, 0.05) is 6.04 Å². The van der Waals surface area contributed by atoms with Crippen molar-refractivity contribution < 1.29 is 30.0 Å². The Balaban J connectivity index is 2.42. The van der Waals surface area contributed by atoms with E-state index in [1.165, 1.54) is 42.5 Å². The first-order valence-electron chi connectivity index (χ1n) is 7.14. The van der Waals surface area contributed by atoms with Crippen molar-refractivity contribution in [2.45, 2.75) is 28.3 Å². The lowest BCUT2D eigenvalue weighted by molar-refractivity contribution is -0.0435. The Labute approximate surface area is 148 Å². The summed E-state index contributed by atoms with van der Waals surface area (Å²) in [4.78, 5) is -1.08. The first-order chi connectivity index (χ1) is 11.8. The van der Waals surface area contributed by atoms with Gasteiger partial charge in [-0.25, -0.2) is 22.0 Å². The van der Waals surface area contributed by atoms with Gasteiger partial charge in [0.05, 0.1) is 15.5 Å². The molecule has 0 aliphatic heterocycles. The van der Waals surface area contributed by atoms with Gasteiger partial charge in [-0.05, 0) is 36.8 Å². The third-order valence-electron chi connectivity index (χ3n) is 3.54. The predicted molar refractivity (Wildman–Crippen MR) is 89.5 cm³/mol. The highest BCUT2D eigenvalue weighted by molar-refractivity contribution is 7.92. The molecule has 0 aromatic heterocycles. The molecule has 26 heavy (non-hydrogen) atoms. The molecule has 0 bridgehead atoms. The Bertz CT molecular complexity index is 1020. The monoisotopic (exact) mass is 408 g/mol. The maximum Gasteiger partial charge on any atom is 0.501 e. The number of sulfone groups is 1. The van der Waals surface area contributed by atoms with E-state index in [4.69, 9.17) is 5.14 Å². The Morgan fingerprint density at radius 3 is 2.19 bits per heavy atom. The van der Waals surface area contributed by atoms with Gasteiger partial charge in [0.1, 0.15) is 0 Å². The van der Waals surface area contributed by atoms with Gasteiger partial charge in [0.15, 0.2) is 0 Å². The second-order valence-electron chi connectivity index (χ2n) is 5.43. The van der Waals surface area contributed by atoms with Gasteiger partial charge in [0.2, 0.25) is 10.0 Å². The Hall–Kier alpha value is -2.11. The Morgan fingerprint density at radius 1 is 1.00 bits per heavy atom. The molecule has 0 spiro atoms.